The van der Waals surface area contributed by atoms with Crippen molar-refractivity contribution < 1.29 is 28.1 Å². The summed E-state index contributed by atoms with van der Waals surface area (Å²) >= 11 is 0. The molecule has 2 atom stereocenters. The predicted molar refractivity (Wildman–Crippen MR) is 132 cm³/mol. The number of hydrogen-bond donors (Lipinski definition) is 2. The van der Waals surface area contributed by atoms with E-state index in [0.29, 0.717) is 24.8 Å². The van der Waals surface area contributed by atoms with Crippen molar-refractivity contribution in [3.8, 4) is 11.5 Å². The lowest BCUT2D eigenvalue weighted by molar-refractivity contribution is -0.144. The van der Waals surface area contributed by atoms with Crippen molar-refractivity contribution in [1.29, 1.82) is 0 Å². The Kier molecular flexibility index (Phi) is 7.89. The van der Waals surface area contributed by atoms with E-state index in [0.717, 1.165) is 5.69 Å². The number of hydrogen-bond acceptors (Lipinski definition) is 9. The molecular weight excluding hydrogens is 483 g/mol. The summed E-state index contributed by atoms with van der Waals surface area (Å²) in [5.74, 6) is -0.663. The first-order valence-electron chi connectivity index (χ1n) is 11.8. The van der Waals surface area contributed by atoms with Gasteiger partial charge in [0.2, 0.25) is 5.95 Å². The first kappa shape index (κ1) is 26.3. The maximum Gasteiger partial charge on any atom is 0.251 e. The van der Waals surface area contributed by atoms with E-state index in [9.17, 15) is 9.18 Å². The van der Waals surface area contributed by atoms with E-state index < -0.39 is 11.6 Å². The Labute approximate surface area is 214 Å². The van der Waals surface area contributed by atoms with Crippen LogP contribution in [0.3, 0.4) is 0 Å². The minimum atomic E-state index is -0.601. The number of anilines is 2. The molecule has 1 saturated heterocycles. The van der Waals surface area contributed by atoms with Crippen molar-refractivity contribution in [3.63, 3.8) is 0 Å². The zero-order valence-electron chi connectivity index (χ0n) is 21.4. The van der Waals surface area contributed by atoms with E-state index in [-0.39, 0.29) is 41.4 Å². The lowest BCUT2D eigenvalue weighted by Gasteiger charge is -2.21. The molecule has 1 aliphatic heterocycles. The van der Waals surface area contributed by atoms with Gasteiger partial charge >= 0.3 is 0 Å². The third-order valence-corrected chi connectivity index (χ3v) is 5.88. The van der Waals surface area contributed by atoms with Crippen LogP contribution in [0.25, 0.3) is 0 Å². The molecule has 11 nitrogen and oxygen atoms in total. The largest absolute Gasteiger partial charge is 0.494 e. The molecule has 0 radical (unpaired) electrons. The average Bonchev–Trinajstić information content (AvgIpc) is 3.48. The number of nitrogens with one attached hydrogen (secondary N) is 2. The number of carbonyl (C=O) groups is 1. The average molecular weight is 515 g/mol. The summed E-state index contributed by atoms with van der Waals surface area (Å²) in [4.78, 5) is 20.5. The van der Waals surface area contributed by atoms with Gasteiger partial charge in [0.25, 0.3) is 5.91 Å². The highest BCUT2D eigenvalue weighted by molar-refractivity contribution is 5.94. The quantitative estimate of drug-likeness (QED) is 0.420. The summed E-state index contributed by atoms with van der Waals surface area (Å²) in [6, 6.07) is 2.75. The smallest absolute Gasteiger partial charge is 0.251 e. The molecule has 198 valence electrons. The molecule has 0 saturated carbocycles. The molecule has 2 aromatic heterocycles. The van der Waals surface area contributed by atoms with Gasteiger partial charge in [0.05, 0.1) is 44.1 Å². The molecule has 2 unspecified atom stereocenters. The molecule has 0 aliphatic carbocycles. The van der Waals surface area contributed by atoms with Crippen LogP contribution in [0.1, 0.15) is 36.7 Å². The van der Waals surface area contributed by atoms with Gasteiger partial charge in [-0.3, -0.25) is 9.48 Å². The second-order valence-electron chi connectivity index (χ2n) is 9.18. The van der Waals surface area contributed by atoms with E-state index in [1.807, 2.05) is 24.7 Å². The van der Waals surface area contributed by atoms with E-state index in [1.54, 1.807) is 6.20 Å². The number of rotatable bonds is 10. The van der Waals surface area contributed by atoms with Crippen LogP contribution >= 0.6 is 0 Å². The fraction of sp³-hybridized carbons (Fsp3) is 0.440. The summed E-state index contributed by atoms with van der Waals surface area (Å²) < 4.78 is 38.7. The fourth-order valence-corrected chi connectivity index (χ4v) is 3.87. The van der Waals surface area contributed by atoms with Gasteiger partial charge in [-0.15, -0.1) is 0 Å². The minimum Gasteiger partial charge on any atom is -0.494 e. The molecule has 3 heterocycles. The molecule has 3 aromatic rings. The second-order valence-corrected chi connectivity index (χ2v) is 9.18. The Hall–Kier alpha value is -3.77. The Balaban J connectivity index is 1.33. The molecular formula is C25H31FN6O5. The fourth-order valence-electron chi connectivity index (χ4n) is 3.87. The SMILES string of the molecule is CNC(=O)c1cc(COc2cnc(Nc3cnn(CC(C)C4COC(C)(C)O4)c3)nc2)c(F)c(OC)c1. The zero-order valence-corrected chi connectivity index (χ0v) is 21.4. The molecule has 1 aromatic carbocycles. The number of ether oxygens (including phenoxy) is 4. The van der Waals surface area contributed by atoms with Crippen molar-refractivity contribution in [3.05, 3.63) is 53.9 Å². The Morgan fingerprint density at radius 1 is 1.30 bits per heavy atom. The number of amides is 1. The maximum atomic E-state index is 14.6. The Morgan fingerprint density at radius 3 is 2.70 bits per heavy atom. The first-order valence-corrected chi connectivity index (χ1v) is 11.8. The highest BCUT2D eigenvalue weighted by Gasteiger charge is 2.35. The summed E-state index contributed by atoms with van der Waals surface area (Å²) in [7, 11) is 2.83. The number of benzene rings is 1. The number of nitrogens with zero attached hydrogens (tertiary/aromatic N) is 4. The number of methoxy groups -OCH3 is 1. The molecule has 37 heavy (non-hydrogen) atoms. The van der Waals surface area contributed by atoms with Gasteiger partial charge in [0.1, 0.15) is 6.61 Å². The van der Waals surface area contributed by atoms with E-state index in [2.05, 4.69) is 32.6 Å². The zero-order chi connectivity index (χ0) is 26.6. The van der Waals surface area contributed by atoms with Crippen LogP contribution in [0, 0.1) is 11.7 Å². The highest BCUT2D eigenvalue weighted by atomic mass is 19.1. The van der Waals surface area contributed by atoms with Crippen molar-refractivity contribution in [2.45, 2.75) is 45.8 Å². The predicted octanol–water partition coefficient (Wildman–Crippen LogP) is 3.29. The van der Waals surface area contributed by atoms with Gasteiger partial charge in [0.15, 0.2) is 23.1 Å². The molecule has 4 rings (SSSR count). The second kappa shape index (κ2) is 11.1. The van der Waals surface area contributed by atoms with Crippen molar-refractivity contribution in [1.82, 2.24) is 25.1 Å². The molecule has 1 fully saturated rings. The van der Waals surface area contributed by atoms with E-state index in [1.165, 1.54) is 38.7 Å². The lowest BCUT2D eigenvalue weighted by Crippen LogP contribution is -2.27. The summed E-state index contributed by atoms with van der Waals surface area (Å²) in [5, 5.41) is 9.99. The van der Waals surface area contributed by atoms with E-state index >= 15 is 0 Å². The number of carbonyl (C=O) groups excluding carboxylic acids is 1. The molecule has 1 amide bonds. The standard InChI is InChI=1S/C25H31FN6O5/c1-15(21-14-36-25(2,3)37-21)11-32-12-18(8-30-32)31-24-28-9-19(10-29-24)35-13-17-6-16(23(33)27-4)7-20(34-5)22(17)26/h6-10,12,15,21H,11,13-14H2,1-5H3,(H,27,33)(H,28,29,31). The topological polar surface area (TPSA) is 122 Å². The Morgan fingerprint density at radius 2 is 2.05 bits per heavy atom. The third-order valence-electron chi connectivity index (χ3n) is 5.88. The third kappa shape index (κ3) is 6.52. The van der Waals surface area contributed by atoms with Gasteiger partial charge in [-0.05, 0) is 26.0 Å². The molecule has 1 aliphatic rings. The lowest BCUT2D eigenvalue weighted by atomic mass is 10.1. The molecule has 2 N–H and O–H groups in total. The van der Waals surface area contributed by atoms with Crippen LogP contribution in [0.2, 0.25) is 0 Å². The van der Waals surface area contributed by atoms with Crippen LogP contribution in [0.15, 0.2) is 36.9 Å². The van der Waals surface area contributed by atoms with Crippen molar-refractivity contribution in [2.75, 3.05) is 26.1 Å². The van der Waals surface area contributed by atoms with E-state index in [4.69, 9.17) is 18.9 Å². The van der Waals surface area contributed by atoms with Crippen LogP contribution < -0.4 is 20.1 Å². The van der Waals surface area contributed by atoms with Crippen LogP contribution in [-0.2, 0) is 22.6 Å². The van der Waals surface area contributed by atoms with Gasteiger partial charge in [-0.1, -0.05) is 6.92 Å². The maximum absolute atomic E-state index is 14.6. The summed E-state index contributed by atoms with van der Waals surface area (Å²) in [6.07, 6.45) is 6.50. The summed E-state index contributed by atoms with van der Waals surface area (Å²) in [5.41, 5.74) is 1.16. The normalized spacial score (nSPS) is 17.3. The Bertz CT molecular complexity index is 1230. The number of halogens is 1. The van der Waals surface area contributed by atoms with Gasteiger partial charge < -0.3 is 29.6 Å². The first-order chi connectivity index (χ1) is 17.7. The monoisotopic (exact) mass is 514 g/mol. The van der Waals surface area contributed by atoms with Crippen LogP contribution in [-0.4, -0.2) is 58.3 Å². The highest BCUT2D eigenvalue weighted by Crippen LogP contribution is 2.28. The molecule has 0 bridgehead atoms. The van der Waals surface area contributed by atoms with Gasteiger partial charge in [0, 0.05) is 36.8 Å². The van der Waals surface area contributed by atoms with Gasteiger partial charge in [-0.2, -0.15) is 5.10 Å². The van der Waals surface area contributed by atoms with Gasteiger partial charge in [-0.25, -0.2) is 14.4 Å². The van der Waals surface area contributed by atoms with Crippen LogP contribution in [0.5, 0.6) is 11.5 Å². The number of aromatic nitrogens is 4. The van der Waals surface area contributed by atoms with Crippen molar-refractivity contribution in [2.24, 2.45) is 5.92 Å². The van der Waals surface area contributed by atoms with Crippen LogP contribution in [0.4, 0.5) is 16.0 Å². The summed E-state index contributed by atoms with van der Waals surface area (Å²) in [6.45, 7) is 7.01. The molecule has 12 heteroatoms. The van der Waals surface area contributed by atoms with Crippen molar-refractivity contribution >= 4 is 17.5 Å². The molecule has 0 spiro atoms. The minimum absolute atomic E-state index is 0.00678.